The Morgan fingerprint density at radius 3 is 2.24 bits per heavy atom. The summed E-state index contributed by atoms with van der Waals surface area (Å²) < 4.78 is 16.7. The Morgan fingerprint density at radius 2 is 1.71 bits per heavy atom. The van der Waals surface area contributed by atoms with Crippen molar-refractivity contribution in [3.05, 3.63) is 29.8 Å². The molecule has 0 saturated carbocycles. The van der Waals surface area contributed by atoms with Crippen LogP contribution in [0.25, 0.3) is 0 Å². The Labute approximate surface area is 126 Å². The van der Waals surface area contributed by atoms with E-state index < -0.39 is 5.97 Å². The second kappa shape index (κ2) is 8.35. The third-order valence-electron chi connectivity index (χ3n) is 2.81. The maximum absolute atomic E-state index is 11.7. The molecule has 0 fully saturated rings. The first-order valence-corrected chi connectivity index (χ1v) is 7.34. The summed E-state index contributed by atoms with van der Waals surface area (Å²) in [5, 5.41) is 0. The number of esters is 1. The highest BCUT2D eigenvalue weighted by molar-refractivity contribution is 5.89. The average Bonchev–Trinajstić information content (AvgIpc) is 2.45. The van der Waals surface area contributed by atoms with E-state index in [0.717, 1.165) is 18.4 Å². The maximum Gasteiger partial charge on any atom is 0.338 e. The molecule has 0 spiro atoms. The van der Waals surface area contributed by atoms with Gasteiger partial charge in [-0.05, 0) is 38.8 Å². The minimum atomic E-state index is -0.471. The second-order valence-electron chi connectivity index (χ2n) is 4.67. The van der Waals surface area contributed by atoms with Gasteiger partial charge in [0.15, 0.2) is 11.5 Å². The average molecular weight is 292 g/mol. The zero-order valence-corrected chi connectivity index (χ0v) is 13.3. The van der Waals surface area contributed by atoms with E-state index in [1.165, 1.54) is 0 Å². The number of rotatable bonds is 8. The van der Waals surface area contributed by atoms with E-state index in [-0.39, 0.29) is 0 Å². The fourth-order valence-electron chi connectivity index (χ4n) is 1.90. The van der Waals surface area contributed by atoms with Crippen LogP contribution in [0.5, 0.6) is 17.2 Å². The molecular weight excluding hydrogens is 268 g/mol. The molecule has 1 aromatic carbocycles. The van der Waals surface area contributed by atoms with Crippen LogP contribution in [0.4, 0.5) is 0 Å². The molecular formula is C17H24O4. The van der Waals surface area contributed by atoms with Crippen LogP contribution in [-0.4, -0.2) is 19.2 Å². The standard InChI is InChI=1S/C17H24O4/c1-6-9-13-10-11-14(21-17(18)12(4)5)16(20-8-3)15(13)19-7-2/h10-11H,4,6-9H2,1-3,5H3. The largest absolute Gasteiger partial charge is 0.490 e. The fraction of sp³-hybridized carbons (Fsp3) is 0.471. The molecule has 21 heavy (non-hydrogen) atoms. The van der Waals surface area contributed by atoms with Gasteiger partial charge in [0.1, 0.15) is 0 Å². The van der Waals surface area contributed by atoms with E-state index in [1.54, 1.807) is 13.0 Å². The van der Waals surface area contributed by atoms with Crippen molar-refractivity contribution < 1.29 is 19.0 Å². The lowest BCUT2D eigenvalue weighted by Crippen LogP contribution is -2.11. The number of hydrogen-bond acceptors (Lipinski definition) is 4. The predicted octanol–water partition coefficient (Wildman–Crippen LogP) is 3.92. The highest BCUT2D eigenvalue weighted by Gasteiger charge is 2.19. The van der Waals surface area contributed by atoms with Crippen molar-refractivity contribution in [2.75, 3.05) is 13.2 Å². The highest BCUT2D eigenvalue weighted by Crippen LogP contribution is 2.41. The molecule has 0 aliphatic carbocycles. The van der Waals surface area contributed by atoms with Gasteiger partial charge in [-0.25, -0.2) is 4.79 Å². The van der Waals surface area contributed by atoms with Crippen molar-refractivity contribution in [3.63, 3.8) is 0 Å². The number of ether oxygens (including phenoxy) is 3. The van der Waals surface area contributed by atoms with Crippen LogP contribution in [-0.2, 0) is 11.2 Å². The Kier molecular flexibility index (Phi) is 6.79. The van der Waals surface area contributed by atoms with Gasteiger partial charge >= 0.3 is 5.97 Å². The number of carbonyl (C=O) groups excluding carboxylic acids is 1. The fourth-order valence-corrected chi connectivity index (χ4v) is 1.90. The molecule has 0 bridgehead atoms. The van der Waals surface area contributed by atoms with E-state index in [4.69, 9.17) is 14.2 Å². The first-order valence-electron chi connectivity index (χ1n) is 7.34. The molecule has 0 unspecified atom stereocenters. The van der Waals surface area contributed by atoms with E-state index in [2.05, 4.69) is 13.5 Å². The lowest BCUT2D eigenvalue weighted by Gasteiger charge is -2.18. The zero-order chi connectivity index (χ0) is 15.8. The highest BCUT2D eigenvalue weighted by atomic mass is 16.6. The van der Waals surface area contributed by atoms with Gasteiger partial charge in [-0.1, -0.05) is 26.0 Å². The Morgan fingerprint density at radius 1 is 1.10 bits per heavy atom. The molecule has 0 heterocycles. The predicted molar refractivity (Wildman–Crippen MR) is 83.2 cm³/mol. The molecule has 0 aliphatic heterocycles. The molecule has 0 radical (unpaired) electrons. The molecule has 0 aliphatic rings. The Balaban J connectivity index is 3.26. The van der Waals surface area contributed by atoms with Crippen molar-refractivity contribution in [2.45, 2.75) is 40.5 Å². The van der Waals surface area contributed by atoms with E-state index in [9.17, 15) is 4.79 Å². The first-order chi connectivity index (χ1) is 10.0. The van der Waals surface area contributed by atoms with Crippen LogP contribution < -0.4 is 14.2 Å². The zero-order valence-electron chi connectivity index (χ0n) is 13.3. The van der Waals surface area contributed by atoms with Crippen LogP contribution in [0.15, 0.2) is 24.3 Å². The molecule has 0 N–H and O–H groups in total. The summed E-state index contributed by atoms with van der Waals surface area (Å²) in [6, 6.07) is 3.66. The molecule has 0 saturated heterocycles. The molecule has 4 heteroatoms. The van der Waals surface area contributed by atoms with Gasteiger partial charge in [-0.15, -0.1) is 0 Å². The van der Waals surface area contributed by atoms with Crippen molar-refractivity contribution in [2.24, 2.45) is 0 Å². The summed E-state index contributed by atoms with van der Waals surface area (Å²) in [5.41, 5.74) is 1.39. The number of hydrogen-bond donors (Lipinski definition) is 0. The quantitative estimate of drug-likeness (QED) is 0.414. The molecule has 1 rings (SSSR count). The maximum atomic E-state index is 11.7. The second-order valence-corrected chi connectivity index (χ2v) is 4.67. The summed E-state index contributed by atoms with van der Waals surface area (Å²) >= 11 is 0. The summed E-state index contributed by atoms with van der Waals surface area (Å²) in [6.45, 7) is 12.1. The number of aryl methyl sites for hydroxylation is 1. The van der Waals surface area contributed by atoms with E-state index in [1.807, 2.05) is 19.9 Å². The van der Waals surface area contributed by atoms with Gasteiger partial charge in [0, 0.05) is 5.57 Å². The van der Waals surface area contributed by atoms with Gasteiger partial charge < -0.3 is 14.2 Å². The molecule has 4 nitrogen and oxygen atoms in total. The Bertz CT molecular complexity index is 506. The van der Waals surface area contributed by atoms with E-state index in [0.29, 0.717) is 36.0 Å². The molecule has 0 amide bonds. The Hall–Kier alpha value is -1.97. The van der Waals surface area contributed by atoms with Crippen molar-refractivity contribution in [1.29, 1.82) is 0 Å². The van der Waals surface area contributed by atoms with Crippen LogP contribution in [0, 0.1) is 0 Å². The van der Waals surface area contributed by atoms with Crippen LogP contribution >= 0.6 is 0 Å². The molecule has 0 aromatic heterocycles. The number of benzene rings is 1. The van der Waals surface area contributed by atoms with Crippen molar-refractivity contribution in [1.82, 2.24) is 0 Å². The smallest absolute Gasteiger partial charge is 0.338 e. The summed E-state index contributed by atoms with van der Waals surface area (Å²) in [7, 11) is 0. The van der Waals surface area contributed by atoms with Crippen LogP contribution in [0.2, 0.25) is 0 Å². The number of carbonyl (C=O) groups is 1. The van der Waals surface area contributed by atoms with Gasteiger partial charge in [0.25, 0.3) is 0 Å². The lowest BCUT2D eigenvalue weighted by atomic mass is 10.1. The van der Waals surface area contributed by atoms with Gasteiger partial charge in [0.2, 0.25) is 5.75 Å². The van der Waals surface area contributed by atoms with Crippen molar-refractivity contribution in [3.8, 4) is 17.2 Å². The third kappa shape index (κ3) is 4.52. The lowest BCUT2D eigenvalue weighted by molar-refractivity contribution is -0.130. The normalized spacial score (nSPS) is 10.1. The van der Waals surface area contributed by atoms with Gasteiger partial charge in [-0.3, -0.25) is 0 Å². The molecule has 1 aromatic rings. The van der Waals surface area contributed by atoms with E-state index >= 15 is 0 Å². The first kappa shape index (κ1) is 17.1. The van der Waals surface area contributed by atoms with Gasteiger partial charge in [-0.2, -0.15) is 0 Å². The summed E-state index contributed by atoms with van der Waals surface area (Å²) in [4.78, 5) is 11.7. The van der Waals surface area contributed by atoms with Crippen LogP contribution in [0.1, 0.15) is 39.7 Å². The molecule has 0 atom stereocenters. The monoisotopic (exact) mass is 292 g/mol. The molecule has 116 valence electrons. The van der Waals surface area contributed by atoms with Gasteiger partial charge in [0.05, 0.1) is 13.2 Å². The minimum absolute atomic E-state index is 0.341. The summed E-state index contributed by atoms with van der Waals surface area (Å²) in [6.07, 6.45) is 1.88. The third-order valence-corrected chi connectivity index (χ3v) is 2.81. The van der Waals surface area contributed by atoms with Crippen molar-refractivity contribution >= 4 is 5.97 Å². The SMILES string of the molecule is C=C(C)C(=O)Oc1ccc(CCC)c(OCC)c1OCC. The summed E-state index contributed by atoms with van der Waals surface area (Å²) in [5.74, 6) is 1.04. The minimum Gasteiger partial charge on any atom is -0.490 e. The van der Waals surface area contributed by atoms with Crippen LogP contribution in [0.3, 0.4) is 0 Å². The topological polar surface area (TPSA) is 44.8 Å².